The number of ether oxygens (including phenoxy) is 1. The smallest absolute Gasteiger partial charge is 0.408 e. The molecule has 4 aliphatic carbocycles. The van der Waals surface area contributed by atoms with Gasteiger partial charge in [0.05, 0.1) is 0 Å². The molecule has 4 rings (SSSR count). The average molecular weight is 902 g/mol. The average Bonchev–Trinajstić information content (AvgIpc) is 3.48. The number of carbonyl (C=O) groups is 2. The lowest BCUT2D eigenvalue weighted by Crippen LogP contribution is -2.60. The minimum Gasteiger partial charge on any atom is -0.444 e. The highest BCUT2D eigenvalue weighted by molar-refractivity contribution is 8.77. The van der Waals surface area contributed by atoms with E-state index in [0.29, 0.717) is 33.8 Å². The van der Waals surface area contributed by atoms with Crippen molar-refractivity contribution in [2.24, 2.45) is 45.3 Å². The molecule has 7 heteroatoms. The normalized spacial score (nSPS) is 30.5. The summed E-state index contributed by atoms with van der Waals surface area (Å²) in [5, 5.41) is 6.63. The first-order valence-corrected chi connectivity index (χ1v) is 29.0. The summed E-state index contributed by atoms with van der Waals surface area (Å²) in [6.07, 6.45) is 38.2. The first-order chi connectivity index (χ1) is 29.4. The van der Waals surface area contributed by atoms with Crippen LogP contribution in [0.5, 0.6) is 0 Å². The van der Waals surface area contributed by atoms with E-state index in [9.17, 15) is 9.59 Å². The fourth-order valence-corrected chi connectivity index (χ4v) is 16.2. The van der Waals surface area contributed by atoms with Gasteiger partial charge in [0.1, 0.15) is 11.6 Å². The van der Waals surface area contributed by atoms with Crippen molar-refractivity contribution in [3.63, 3.8) is 0 Å². The van der Waals surface area contributed by atoms with E-state index in [1.165, 1.54) is 154 Å². The molecule has 0 spiro atoms. The standard InChI is InChI=1S/C55H100N2O3S2/c1-12-13-14-15-16-17-18-19-20-21-22-23-24-25-26-27-39-56-49(58)47(57-50(59)60-51(5,6)7)41-61-62-45-33-35-52(8)44(40-45)31-32-48-54(10)36-34-46(43(4)30-28-29-42(2)3)53(54,9)37-38-55(48,52)11/h31,42-43,45-48H,12-30,32-41H2,1-11H3,(H,56,58)(H,57,59)/t43-,45-,46-,47+,48+,52+,53-,54+,55+/m1/s1. The van der Waals surface area contributed by atoms with Crippen molar-refractivity contribution in [2.45, 2.75) is 266 Å². The Hall–Kier alpha value is -0.820. The number of rotatable bonds is 28. The molecule has 0 bridgehead atoms. The van der Waals surface area contributed by atoms with Crippen molar-refractivity contribution in [1.82, 2.24) is 10.6 Å². The number of nitrogens with one attached hydrogen (secondary N) is 2. The summed E-state index contributed by atoms with van der Waals surface area (Å²) in [4.78, 5) is 26.4. The van der Waals surface area contributed by atoms with Gasteiger partial charge in [-0.25, -0.2) is 4.79 Å². The number of amides is 2. The largest absolute Gasteiger partial charge is 0.444 e. The zero-order valence-electron chi connectivity index (χ0n) is 42.6. The Morgan fingerprint density at radius 3 is 1.90 bits per heavy atom. The summed E-state index contributed by atoms with van der Waals surface area (Å²) >= 11 is 0. The van der Waals surface area contributed by atoms with Gasteiger partial charge in [-0.15, -0.1) is 0 Å². The molecular weight excluding hydrogens is 801 g/mol. The Balaban J connectivity index is 1.21. The third-order valence-electron chi connectivity index (χ3n) is 17.7. The van der Waals surface area contributed by atoms with E-state index in [2.05, 4.69) is 72.1 Å². The lowest BCUT2D eigenvalue weighted by atomic mass is 9.37. The Kier molecular flexibility index (Phi) is 22.0. The second kappa shape index (κ2) is 25.4. The van der Waals surface area contributed by atoms with Gasteiger partial charge >= 0.3 is 6.09 Å². The second-order valence-corrected chi connectivity index (χ2v) is 26.3. The van der Waals surface area contributed by atoms with Crippen LogP contribution in [0.2, 0.25) is 0 Å². The molecule has 5 nitrogen and oxygen atoms in total. The minimum atomic E-state index is -0.615. The van der Waals surface area contributed by atoms with Crippen LogP contribution in [0.25, 0.3) is 0 Å². The molecule has 0 aromatic carbocycles. The van der Waals surface area contributed by atoms with E-state index in [0.717, 1.165) is 42.9 Å². The summed E-state index contributed by atoms with van der Waals surface area (Å²) < 4.78 is 5.60. The topological polar surface area (TPSA) is 67.4 Å². The minimum absolute atomic E-state index is 0.0907. The number of carbonyl (C=O) groups excluding carboxylic acids is 2. The second-order valence-electron chi connectivity index (χ2n) is 23.6. The molecule has 9 atom stereocenters. The molecule has 0 heterocycles. The number of hydrogen-bond donors (Lipinski definition) is 2. The zero-order chi connectivity index (χ0) is 45.4. The van der Waals surface area contributed by atoms with Crippen LogP contribution >= 0.6 is 21.6 Å². The molecular formula is C55H100N2O3S2. The van der Waals surface area contributed by atoms with E-state index < -0.39 is 17.7 Å². The fourth-order valence-electron chi connectivity index (χ4n) is 13.4. The molecule has 0 saturated heterocycles. The van der Waals surface area contributed by atoms with Crippen LogP contribution in [0.3, 0.4) is 0 Å². The molecule has 0 aliphatic heterocycles. The van der Waals surface area contributed by atoms with Crippen molar-refractivity contribution < 1.29 is 14.3 Å². The summed E-state index contributed by atoms with van der Waals surface area (Å²) in [6, 6.07) is -0.615. The lowest BCUT2D eigenvalue weighted by Gasteiger charge is -2.68. The summed E-state index contributed by atoms with van der Waals surface area (Å²) in [5.74, 6) is 3.70. The van der Waals surface area contributed by atoms with Gasteiger partial charge in [0.2, 0.25) is 5.91 Å². The van der Waals surface area contributed by atoms with Crippen LogP contribution in [0.1, 0.15) is 250 Å². The Morgan fingerprint density at radius 1 is 0.742 bits per heavy atom. The molecule has 4 aliphatic rings. The highest BCUT2D eigenvalue weighted by atomic mass is 33.1. The maximum absolute atomic E-state index is 13.5. The first kappa shape index (κ1) is 53.8. The van der Waals surface area contributed by atoms with Gasteiger partial charge in [-0.2, -0.15) is 0 Å². The summed E-state index contributed by atoms with van der Waals surface area (Å²) in [6.45, 7) is 26.7. The van der Waals surface area contributed by atoms with E-state index in [1.807, 2.05) is 31.6 Å². The highest BCUT2D eigenvalue weighted by Crippen LogP contribution is 2.77. The summed E-state index contributed by atoms with van der Waals surface area (Å²) in [5.41, 5.74) is 2.56. The molecule has 3 fully saturated rings. The SMILES string of the molecule is CCCCCCCCCCCCCCCCCCNC(=O)[C@H](CSS[C@@H]1CC[C@@]2(C)C(=CC[C@@H]3[C@]2(C)CC[C@]2(C)[C@@H]([C@H](C)CCCC(C)C)CC[C@@]32C)C1)NC(=O)OC(C)(C)C. The zero-order valence-corrected chi connectivity index (χ0v) is 44.2. The van der Waals surface area contributed by atoms with Crippen molar-refractivity contribution in [2.75, 3.05) is 12.3 Å². The van der Waals surface area contributed by atoms with Gasteiger partial charge in [0.25, 0.3) is 0 Å². The maximum atomic E-state index is 13.5. The van der Waals surface area contributed by atoms with E-state index in [-0.39, 0.29) is 11.3 Å². The first-order valence-electron chi connectivity index (χ1n) is 26.6. The van der Waals surface area contributed by atoms with Gasteiger partial charge in [-0.3, -0.25) is 4.79 Å². The van der Waals surface area contributed by atoms with Gasteiger partial charge in [0, 0.05) is 17.5 Å². The quantitative estimate of drug-likeness (QED) is 0.0465. The molecule has 2 N–H and O–H groups in total. The van der Waals surface area contributed by atoms with Gasteiger partial charge in [-0.1, -0.05) is 204 Å². The molecule has 0 radical (unpaired) electrons. The molecule has 0 unspecified atom stereocenters. The molecule has 0 aromatic rings. The highest BCUT2D eigenvalue weighted by Gasteiger charge is 2.68. The van der Waals surface area contributed by atoms with Crippen LogP contribution in [-0.2, 0) is 9.53 Å². The molecule has 3 saturated carbocycles. The van der Waals surface area contributed by atoms with Crippen molar-refractivity contribution in [1.29, 1.82) is 0 Å². The van der Waals surface area contributed by atoms with Crippen LogP contribution in [0.15, 0.2) is 11.6 Å². The van der Waals surface area contributed by atoms with Crippen LogP contribution < -0.4 is 10.6 Å². The Bertz CT molecular complexity index is 1380. The molecule has 360 valence electrons. The molecule has 0 aromatic heterocycles. The summed E-state index contributed by atoms with van der Waals surface area (Å²) in [7, 11) is 3.71. The molecule has 2 amide bonds. The monoisotopic (exact) mass is 901 g/mol. The van der Waals surface area contributed by atoms with Crippen molar-refractivity contribution >= 4 is 33.6 Å². The Labute approximate surface area is 392 Å². The molecule has 62 heavy (non-hydrogen) atoms. The van der Waals surface area contributed by atoms with Crippen LogP contribution in [-0.4, -0.2) is 41.2 Å². The van der Waals surface area contributed by atoms with Gasteiger partial charge in [-0.05, 0) is 124 Å². The van der Waals surface area contributed by atoms with Crippen LogP contribution in [0, 0.1) is 45.3 Å². The Morgan fingerprint density at radius 2 is 1.32 bits per heavy atom. The van der Waals surface area contributed by atoms with E-state index in [1.54, 1.807) is 16.4 Å². The fraction of sp³-hybridized carbons (Fsp3) is 0.927. The third-order valence-corrected chi connectivity index (χ3v) is 20.6. The number of unbranched alkanes of at least 4 members (excludes halogenated alkanes) is 15. The predicted molar refractivity (Wildman–Crippen MR) is 272 cm³/mol. The van der Waals surface area contributed by atoms with Crippen molar-refractivity contribution in [3.05, 3.63) is 11.6 Å². The predicted octanol–water partition coefficient (Wildman–Crippen LogP) is 16.8. The van der Waals surface area contributed by atoms with Gasteiger partial charge in [0.15, 0.2) is 0 Å². The number of hydrogen-bond acceptors (Lipinski definition) is 5. The third kappa shape index (κ3) is 14.6. The lowest BCUT2D eigenvalue weighted by molar-refractivity contribution is -0.161. The number of allylic oxidation sites excluding steroid dienone is 2. The maximum Gasteiger partial charge on any atom is 0.408 e. The van der Waals surface area contributed by atoms with E-state index >= 15 is 0 Å². The number of alkyl carbamates (subject to hydrolysis) is 1. The van der Waals surface area contributed by atoms with Gasteiger partial charge < -0.3 is 15.4 Å². The van der Waals surface area contributed by atoms with Crippen LogP contribution in [0.4, 0.5) is 4.79 Å². The van der Waals surface area contributed by atoms with E-state index in [4.69, 9.17) is 4.74 Å². The van der Waals surface area contributed by atoms with Crippen molar-refractivity contribution in [3.8, 4) is 0 Å². The number of fused-ring (bicyclic) bond motifs is 5.